The molecule has 0 bridgehead atoms. The van der Waals surface area contributed by atoms with Crippen LogP contribution in [0.25, 0.3) is 16.7 Å². The van der Waals surface area contributed by atoms with Gasteiger partial charge in [0.1, 0.15) is 17.7 Å². The van der Waals surface area contributed by atoms with Gasteiger partial charge in [0.05, 0.1) is 19.0 Å². The normalized spacial score (nSPS) is 15.4. The highest BCUT2D eigenvalue weighted by molar-refractivity contribution is 7.86. The molecule has 0 atom stereocenters. The Labute approximate surface area is 215 Å². The second-order valence-electron chi connectivity index (χ2n) is 8.89. The molecule has 4 aromatic rings. The molecule has 1 aliphatic rings. The molecular weight excluding hydrogens is 496 g/mol. The molecule has 0 spiro atoms. The lowest BCUT2D eigenvalue weighted by Crippen LogP contribution is -2.51. The standard InChI is InChI=1S/C23H28N8O4S.CH4/c1-27(2)36(33,34)29-10-8-28(9-11-29)14-18-12-20-21(24-13-18)30(23(32)31-22(20)25-16-26-31)15-17-4-6-19(35-3)7-5-17;/h4-7,12-13,16H,8-11,14-15H2,1-3H3;1H4. The van der Waals surface area contributed by atoms with Crippen LogP contribution in [0.2, 0.25) is 0 Å². The Morgan fingerprint density at radius 1 is 0.973 bits per heavy atom. The third-order valence-electron chi connectivity index (χ3n) is 6.40. The molecule has 198 valence electrons. The van der Waals surface area contributed by atoms with Crippen LogP contribution in [-0.4, -0.2) is 93.5 Å². The molecule has 5 rings (SSSR count). The number of piperazine rings is 1. The first-order valence-electron chi connectivity index (χ1n) is 11.5. The van der Waals surface area contributed by atoms with Crippen LogP contribution in [0.4, 0.5) is 0 Å². The van der Waals surface area contributed by atoms with Gasteiger partial charge in [0.15, 0.2) is 5.65 Å². The van der Waals surface area contributed by atoms with Gasteiger partial charge >= 0.3 is 5.69 Å². The van der Waals surface area contributed by atoms with E-state index in [9.17, 15) is 13.2 Å². The minimum atomic E-state index is -3.41. The van der Waals surface area contributed by atoms with Crippen LogP contribution in [0.5, 0.6) is 5.75 Å². The van der Waals surface area contributed by atoms with E-state index in [2.05, 4.69) is 20.0 Å². The topological polar surface area (TPSA) is 118 Å². The number of methoxy groups -OCH3 is 1. The minimum Gasteiger partial charge on any atom is -0.497 e. The van der Waals surface area contributed by atoms with E-state index >= 15 is 0 Å². The van der Waals surface area contributed by atoms with Gasteiger partial charge in [0, 0.05) is 53.0 Å². The van der Waals surface area contributed by atoms with Gasteiger partial charge < -0.3 is 4.74 Å². The molecule has 12 nitrogen and oxygen atoms in total. The number of nitrogens with zero attached hydrogens (tertiary/aromatic N) is 8. The Balaban J connectivity index is 0.00000320. The Morgan fingerprint density at radius 2 is 1.68 bits per heavy atom. The average molecular weight is 529 g/mol. The van der Waals surface area contributed by atoms with Gasteiger partial charge in [-0.3, -0.25) is 9.47 Å². The minimum absolute atomic E-state index is 0. The fourth-order valence-corrected chi connectivity index (χ4v) is 5.49. The summed E-state index contributed by atoms with van der Waals surface area (Å²) in [4.78, 5) is 24.4. The van der Waals surface area contributed by atoms with E-state index in [4.69, 9.17) is 4.74 Å². The van der Waals surface area contributed by atoms with Crippen molar-refractivity contribution in [3.05, 3.63) is 64.5 Å². The predicted molar refractivity (Wildman–Crippen MR) is 141 cm³/mol. The zero-order valence-corrected chi connectivity index (χ0v) is 21.2. The van der Waals surface area contributed by atoms with Crippen molar-refractivity contribution < 1.29 is 13.2 Å². The molecule has 1 aromatic carbocycles. The smallest absolute Gasteiger partial charge is 0.352 e. The molecule has 0 radical (unpaired) electrons. The van der Waals surface area contributed by atoms with Crippen molar-refractivity contribution >= 4 is 26.9 Å². The Hall–Kier alpha value is -3.39. The van der Waals surface area contributed by atoms with Crippen LogP contribution in [0.3, 0.4) is 0 Å². The van der Waals surface area contributed by atoms with Crippen LogP contribution in [0.1, 0.15) is 18.6 Å². The molecule has 1 aliphatic heterocycles. The molecule has 0 unspecified atom stereocenters. The van der Waals surface area contributed by atoms with Gasteiger partial charge in [0.25, 0.3) is 10.2 Å². The van der Waals surface area contributed by atoms with E-state index in [0.717, 1.165) is 22.3 Å². The SMILES string of the molecule is C.COc1ccc(Cn2c(=O)n3ncnc3c3cc(CN4CCN(S(=O)(=O)N(C)C)CC4)cnc32)cc1. The highest BCUT2D eigenvalue weighted by Crippen LogP contribution is 2.20. The average Bonchev–Trinajstić information content (AvgIpc) is 3.38. The van der Waals surface area contributed by atoms with Crippen LogP contribution in [-0.2, 0) is 23.3 Å². The number of ether oxygens (including phenoxy) is 1. The molecule has 0 amide bonds. The number of pyridine rings is 1. The van der Waals surface area contributed by atoms with Crippen LogP contribution >= 0.6 is 0 Å². The molecule has 1 saturated heterocycles. The van der Waals surface area contributed by atoms with Crippen molar-refractivity contribution in [2.45, 2.75) is 20.5 Å². The molecule has 0 saturated carbocycles. The summed E-state index contributed by atoms with van der Waals surface area (Å²) in [5, 5.41) is 4.87. The first kappa shape index (κ1) is 26.7. The lowest BCUT2D eigenvalue weighted by molar-refractivity contribution is 0.177. The fraction of sp³-hybridized carbons (Fsp3) is 0.417. The molecule has 0 aliphatic carbocycles. The third-order valence-corrected chi connectivity index (χ3v) is 8.35. The van der Waals surface area contributed by atoms with Gasteiger partial charge in [-0.1, -0.05) is 19.6 Å². The summed E-state index contributed by atoms with van der Waals surface area (Å²) in [6, 6.07) is 9.51. The van der Waals surface area contributed by atoms with Crippen molar-refractivity contribution in [3.8, 4) is 5.75 Å². The number of benzene rings is 1. The first-order valence-corrected chi connectivity index (χ1v) is 12.9. The van der Waals surface area contributed by atoms with E-state index in [1.54, 1.807) is 32.0 Å². The molecule has 0 N–H and O–H groups in total. The second kappa shape index (κ2) is 10.5. The number of aromatic nitrogens is 5. The molecular formula is C24H32N8O4S. The number of fused-ring (bicyclic) bond motifs is 3. The third kappa shape index (κ3) is 5.07. The van der Waals surface area contributed by atoms with Gasteiger partial charge in [-0.05, 0) is 29.3 Å². The van der Waals surface area contributed by atoms with Crippen molar-refractivity contribution in [3.63, 3.8) is 0 Å². The zero-order chi connectivity index (χ0) is 25.4. The van der Waals surface area contributed by atoms with Crippen LogP contribution in [0.15, 0.2) is 47.7 Å². The number of hydrogen-bond acceptors (Lipinski definition) is 8. The van der Waals surface area contributed by atoms with Crippen molar-refractivity contribution in [2.75, 3.05) is 47.4 Å². The van der Waals surface area contributed by atoms with Crippen molar-refractivity contribution in [1.82, 2.24) is 37.7 Å². The summed E-state index contributed by atoms with van der Waals surface area (Å²) in [7, 11) is 1.29. The summed E-state index contributed by atoms with van der Waals surface area (Å²) in [6.07, 6.45) is 3.13. The molecule has 37 heavy (non-hydrogen) atoms. The largest absolute Gasteiger partial charge is 0.497 e. The molecule has 1 fully saturated rings. The zero-order valence-electron chi connectivity index (χ0n) is 20.4. The van der Waals surface area contributed by atoms with Crippen LogP contribution in [0, 0.1) is 0 Å². The summed E-state index contributed by atoms with van der Waals surface area (Å²) >= 11 is 0. The van der Waals surface area contributed by atoms with Crippen LogP contribution < -0.4 is 10.4 Å². The van der Waals surface area contributed by atoms with E-state index < -0.39 is 10.2 Å². The lowest BCUT2D eigenvalue weighted by atomic mass is 10.2. The molecule has 3 aromatic heterocycles. The molecule has 4 heterocycles. The highest BCUT2D eigenvalue weighted by atomic mass is 32.2. The van der Waals surface area contributed by atoms with E-state index in [1.807, 2.05) is 30.3 Å². The summed E-state index contributed by atoms with van der Waals surface area (Å²) < 4.78 is 35.6. The van der Waals surface area contributed by atoms with Gasteiger partial charge in [-0.2, -0.15) is 26.6 Å². The van der Waals surface area contributed by atoms with E-state index in [0.29, 0.717) is 50.6 Å². The highest BCUT2D eigenvalue weighted by Gasteiger charge is 2.28. The van der Waals surface area contributed by atoms with E-state index in [-0.39, 0.29) is 13.1 Å². The lowest BCUT2D eigenvalue weighted by Gasteiger charge is -2.35. The second-order valence-corrected chi connectivity index (χ2v) is 11.0. The summed E-state index contributed by atoms with van der Waals surface area (Å²) in [6.45, 7) is 3.01. The Bertz CT molecular complexity index is 1560. The maximum atomic E-state index is 13.2. The number of rotatable bonds is 7. The van der Waals surface area contributed by atoms with Crippen molar-refractivity contribution in [1.29, 1.82) is 0 Å². The fourth-order valence-electron chi connectivity index (χ4n) is 4.40. The predicted octanol–water partition coefficient (Wildman–Crippen LogP) is 1.06. The summed E-state index contributed by atoms with van der Waals surface area (Å²) in [5.41, 5.74) is 2.55. The maximum Gasteiger partial charge on any atom is 0.352 e. The quantitative estimate of drug-likeness (QED) is 0.349. The Kier molecular flexibility index (Phi) is 7.59. The van der Waals surface area contributed by atoms with Gasteiger partial charge in [0.2, 0.25) is 0 Å². The first-order chi connectivity index (χ1) is 17.3. The van der Waals surface area contributed by atoms with Crippen molar-refractivity contribution in [2.24, 2.45) is 0 Å². The summed E-state index contributed by atoms with van der Waals surface area (Å²) in [5.74, 6) is 0.741. The van der Waals surface area contributed by atoms with E-state index in [1.165, 1.54) is 19.5 Å². The Morgan fingerprint density at radius 3 is 2.32 bits per heavy atom. The van der Waals surface area contributed by atoms with Gasteiger partial charge in [-0.25, -0.2) is 14.8 Å². The monoisotopic (exact) mass is 528 g/mol. The maximum absolute atomic E-state index is 13.2. The van der Waals surface area contributed by atoms with Gasteiger partial charge in [-0.15, -0.1) is 0 Å². The number of hydrogen-bond donors (Lipinski definition) is 0. The molecule has 13 heteroatoms.